The summed E-state index contributed by atoms with van der Waals surface area (Å²) in [6, 6.07) is 16.1. The molecule has 2 aromatic rings. The molecule has 2 bridgehead atoms. The molecule has 0 radical (unpaired) electrons. The fourth-order valence-electron chi connectivity index (χ4n) is 6.95. The van der Waals surface area contributed by atoms with Gasteiger partial charge in [-0.3, -0.25) is 9.62 Å². The first-order chi connectivity index (χ1) is 17.3. The number of aryl methyl sites for hydroxylation is 1. The molecule has 0 amide bonds. The maximum Gasteiger partial charge on any atom is 0.234 e. The SMILES string of the molecule is COCCS(=O)(=O)Nc1cccc(C2(OC)C3CCC2CN(CC2(O)CCc4ccccc4C2)C3)c1. The Labute approximate surface area is 214 Å². The largest absolute Gasteiger partial charge is 0.388 e. The van der Waals surface area contributed by atoms with E-state index in [2.05, 4.69) is 40.0 Å². The molecule has 36 heavy (non-hydrogen) atoms. The van der Waals surface area contributed by atoms with Gasteiger partial charge in [-0.2, -0.15) is 0 Å². The Kier molecular flexibility index (Phi) is 7.18. The number of ether oxygens (including phenoxy) is 2. The molecule has 1 heterocycles. The Hall–Kier alpha value is -1.97. The number of aliphatic hydroxyl groups is 1. The summed E-state index contributed by atoms with van der Waals surface area (Å²) in [5, 5.41) is 11.5. The predicted octanol–water partition coefficient (Wildman–Crippen LogP) is 3.18. The number of sulfonamides is 1. The van der Waals surface area contributed by atoms with Crippen molar-refractivity contribution < 1.29 is 23.0 Å². The van der Waals surface area contributed by atoms with Crippen molar-refractivity contribution in [2.75, 3.05) is 50.9 Å². The second kappa shape index (κ2) is 10.1. The number of methoxy groups -OCH3 is 2. The van der Waals surface area contributed by atoms with Crippen LogP contribution in [0.4, 0.5) is 5.69 Å². The van der Waals surface area contributed by atoms with E-state index in [4.69, 9.17) is 9.47 Å². The number of piperidine rings is 1. The van der Waals surface area contributed by atoms with Crippen LogP contribution in [-0.4, -0.2) is 70.2 Å². The Morgan fingerprint density at radius 3 is 2.47 bits per heavy atom. The van der Waals surface area contributed by atoms with Gasteiger partial charge in [0.2, 0.25) is 10.0 Å². The third-order valence-electron chi connectivity index (χ3n) is 8.53. The van der Waals surface area contributed by atoms with Crippen LogP contribution in [0.2, 0.25) is 0 Å². The molecule has 196 valence electrons. The Morgan fingerprint density at radius 1 is 1.06 bits per heavy atom. The minimum absolute atomic E-state index is 0.0866. The Morgan fingerprint density at radius 2 is 1.78 bits per heavy atom. The molecule has 1 saturated carbocycles. The Balaban J connectivity index is 1.32. The molecule has 0 aromatic heterocycles. The van der Waals surface area contributed by atoms with Gasteiger partial charge in [-0.15, -0.1) is 0 Å². The van der Waals surface area contributed by atoms with E-state index in [1.165, 1.54) is 18.2 Å². The first-order valence-electron chi connectivity index (χ1n) is 12.9. The minimum Gasteiger partial charge on any atom is -0.388 e. The third kappa shape index (κ3) is 4.94. The standard InChI is InChI=1S/C28H38N2O5S/c1-34-14-15-36(32,33)29-26-9-5-8-23(16-26)28(35-2)24-10-11-25(28)19-30(18-24)20-27(31)13-12-21-6-3-4-7-22(21)17-27/h3-9,16,24-25,29,31H,10-15,17-20H2,1-2H3. The molecule has 3 unspecified atom stereocenters. The van der Waals surface area contributed by atoms with Crippen LogP contribution in [-0.2, 0) is 37.9 Å². The number of anilines is 1. The molecule has 0 spiro atoms. The third-order valence-corrected chi connectivity index (χ3v) is 9.78. The van der Waals surface area contributed by atoms with Gasteiger partial charge in [0.25, 0.3) is 0 Å². The summed E-state index contributed by atoms with van der Waals surface area (Å²) in [5.74, 6) is 0.471. The monoisotopic (exact) mass is 514 g/mol. The van der Waals surface area contributed by atoms with Gasteiger partial charge in [0.05, 0.1) is 18.0 Å². The fourth-order valence-corrected chi connectivity index (χ4v) is 7.93. The molecule has 3 aliphatic rings. The molecule has 7 nitrogen and oxygen atoms in total. The lowest BCUT2D eigenvalue weighted by Crippen LogP contribution is -2.57. The number of likely N-dealkylation sites (tertiary alicyclic amines) is 1. The van der Waals surface area contributed by atoms with E-state index in [-0.39, 0.29) is 24.2 Å². The highest BCUT2D eigenvalue weighted by Crippen LogP contribution is 2.54. The van der Waals surface area contributed by atoms with E-state index >= 15 is 0 Å². The van der Waals surface area contributed by atoms with Gasteiger partial charge >= 0.3 is 0 Å². The molecule has 1 aliphatic heterocycles. The molecule has 3 atom stereocenters. The summed E-state index contributed by atoms with van der Waals surface area (Å²) in [4.78, 5) is 2.44. The normalized spacial score (nSPS) is 30.2. The van der Waals surface area contributed by atoms with Crippen molar-refractivity contribution in [3.8, 4) is 0 Å². The maximum atomic E-state index is 12.4. The van der Waals surface area contributed by atoms with Crippen LogP contribution in [0, 0.1) is 11.8 Å². The molecule has 2 aromatic carbocycles. The topological polar surface area (TPSA) is 88.1 Å². The predicted molar refractivity (Wildman–Crippen MR) is 140 cm³/mol. The molecule has 1 saturated heterocycles. The van der Waals surface area contributed by atoms with Crippen molar-refractivity contribution in [3.05, 3.63) is 65.2 Å². The molecule has 2 aliphatic carbocycles. The van der Waals surface area contributed by atoms with Crippen LogP contribution in [0.3, 0.4) is 0 Å². The van der Waals surface area contributed by atoms with Gasteiger partial charge in [-0.1, -0.05) is 36.4 Å². The van der Waals surface area contributed by atoms with Gasteiger partial charge in [0.15, 0.2) is 0 Å². The van der Waals surface area contributed by atoms with E-state index in [1.54, 1.807) is 13.2 Å². The van der Waals surface area contributed by atoms with E-state index < -0.39 is 21.2 Å². The van der Waals surface area contributed by atoms with Gasteiger partial charge < -0.3 is 14.6 Å². The minimum atomic E-state index is -3.49. The molecule has 2 fully saturated rings. The highest BCUT2D eigenvalue weighted by Gasteiger charge is 2.56. The number of rotatable bonds is 9. The van der Waals surface area contributed by atoms with E-state index in [9.17, 15) is 13.5 Å². The molecule has 5 rings (SSSR count). The maximum absolute atomic E-state index is 12.4. The van der Waals surface area contributed by atoms with Gasteiger partial charge in [-0.05, 0) is 54.5 Å². The second-order valence-corrected chi connectivity index (χ2v) is 12.7. The zero-order valence-corrected chi connectivity index (χ0v) is 22.1. The van der Waals surface area contributed by atoms with Crippen LogP contribution in [0.15, 0.2) is 48.5 Å². The van der Waals surface area contributed by atoms with E-state index in [0.29, 0.717) is 18.7 Å². The van der Waals surface area contributed by atoms with E-state index in [1.807, 2.05) is 12.1 Å². The van der Waals surface area contributed by atoms with Crippen LogP contribution >= 0.6 is 0 Å². The van der Waals surface area contributed by atoms with Crippen LogP contribution < -0.4 is 4.72 Å². The lowest BCUT2D eigenvalue weighted by Gasteiger charge is -2.49. The summed E-state index contributed by atoms with van der Waals surface area (Å²) in [7, 11) is -0.215. The van der Waals surface area contributed by atoms with Crippen molar-refractivity contribution in [1.82, 2.24) is 4.90 Å². The molecule has 2 N–H and O–H groups in total. The fraction of sp³-hybridized carbons (Fsp3) is 0.571. The lowest BCUT2D eigenvalue weighted by atomic mass is 9.74. The average molecular weight is 515 g/mol. The van der Waals surface area contributed by atoms with Crippen molar-refractivity contribution in [2.24, 2.45) is 11.8 Å². The zero-order chi connectivity index (χ0) is 25.4. The van der Waals surface area contributed by atoms with Crippen molar-refractivity contribution in [2.45, 2.75) is 43.3 Å². The summed E-state index contributed by atoms with van der Waals surface area (Å²) in [6.07, 6.45) is 4.52. The van der Waals surface area contributed by atoms with Crippen LogP contribution in [0.5, 0.6) is 0 Å². The molecular formula is C28H38N2O5S. The molecular weight excluding hydrogens is 476 g/mol. The van der Waals surface area contributed by atoms with Gasteiger partial charge in [0.1, 0.15) is 5.60 Å². The van der Waals surface area contributed by atoms with Crippen LogP contribution in [0.25, 0.3) is 0 Å². The van der Waals surface area contributed by atoms with Crippen molar-refractivity contribution in [3.63, 3.8) is 0 Å². The van der Waals surface area contributed by atoms with E-state index in [0.717, 1.165) is 44.3 Å². The number of hydrogen-bond donors (Lipinski definition) is 2. The first kappa shape index (κ1) is 25.7. The number of fused-ring (bicyclic) bond motifs is 3. The smallest absolute Gasteiger partial charge is 0.234 e. The summed E-state index contributed by atoms with van der Waals surface area (Å²) < 4.78 is 38.8. The average Bonchev–Trinajstić information content (AvgIpc) is 3.05. The highest BCUT2D eigenvalue weighted by atomic mass is 32.2. The van der Waals surface area contributed by atoms with Crippen LogP contribution in [0.1, 0.15) is 36.0 Å². The number of nitrogens with one attached hydrogen (secondary N) is 1. The quantitative estimate of drug-likeness (QED) is 0.535. The summed E-state index contributed by atoms with van der Waals surface area (Å²) >= 11 is 0. The highest BCUT2D eigenvalue weighted by molar-refractivity contribution is 7.92. The summed E-state index contributed by atoms with van der Waals surface area (Å²) in [6.45, 7) is 2.54. The first-order valence-corrected chi connectivity index (χ1v) is 14.6. The zero-order valence-electron chi connectivity index (χ0n) is 21.3. The Bertz CT molecular complexity index is 1170. The molecule has 8 heteroatoms. The van der Waals surface area contributed by atoms with Gasteiger partial charge in [-0.25, -0.2) is 8.42 Å². The second-order valence-electron chi connectivity index (χ2n) is 10.8. The van der Waals surface area contributed by atoms with Crippen molar-refractivity contribution >= 4 is 15.7 Å². The number of hydrogen-bond acceptors (Lipinski definition) is 6. The number of benzene rings is 2. The lowest BCUT2D eigenvalue weighted by molar-refractivity contribution is -0.129. The van der Waals surface area contributed by atoms with Crippen molar-refractivity contribution in [1.29, 1.82) is 0 Å². The number of β-amino-alcohol motifs (C(OH)–C–C–N with tert-alkyl or cyclic N) is 1. The number of nitrogens with zero attached hydrogens (tertiary/aromatic N) is 1. The summed E-state index contributed by atoms with van der Waals surface area (Å²) in [5.41, 5.74) is 3.04. The van der Waals surface area contributed by atoms with Gasteiger partial charge in [0, 0.05) is 57.8 Å².